The van der Waals surface area contributed by atoms with Gasteiger partial charge in [-0.1, -0.05) is 18.5 Å². The number of amides is 1. The molecule has 0 aliphatic carbocycles. The van der Waals surface area contributed by atoms with Crippen LogP contribution in [0.25, 0.3) is 0 Å². The SMILES string of the molecule is CCNC1C(=O)Nc2cc(SCCOC)c(Cl)cc21. The summed E-state index contributed by atoms with van der Waals surface area (Å²) in [6, 6.07) is 3.51. The van der Waals surface area contributed by atoms with Crippen molar-refractivity contribution in [3.05, 3.63) is 22.7 Å². The quantitative estimate of drug-likeness (QED) is 0.626. The van der Waals surface area contributed by atoms with Gasteiger partial charge in [-0.3, -0.25) is 4.79 Å². The summed E-state index contributed by atoms with van der Waals surface area (Å²) in [5.41, 5.74) is 1.77. The van der Waals surface area contributed by atoms with Gasteiger partial charge in [0.25, 0.3) is 0 Å². The number of benzene rings is 1. The Kier molecular flexibility index (Phi) is 5.10. The van der Waals surface area contributed by atoms with Gasteiger partial charge in [-0.25, -0.2) is 0 Å². The van der Waals surface area contributed by atoms with E-state index >= 15 is 0 Å². The van der Waals surface area contributed by atoms with Crippen molar-refractivity contribution < 1.29 is 9.53 Å². The molecule has 4 nitrogen and oxygen atoms in total. The molecule has 1 atom stereocenters. The number of thioether (sulfide) groups is 1. The number of carbonyl (C=O) groups is 1. The van der Waals surface area contributed by atoms with Crippen LogP contribution in [0.4, 0.5) is 5.69 Å². The van der Waals surface area contributed by atoms with Gasteiger partial charge in [-0.2, -0.15) is 0 Å². The van der Waals surface area contributed by atoms with Gasteiger partial charge in [-0.05, 0) is 18.7 Å². The minimum atomic E-state index is -0.296. The summed E-state index contributed by atoms with van der Waals surface area (Å²) < 4.78 is 5.02. The predicted octanol–water partition coefficient (Wildman–Crippen LogP) is 2.68. The van der Waals surface area contributed by atoms with Gasteiger partial charge in [0, 0.05) is 29.0 Å². The lowest BCUT2D eigenvalue weighted by Crippen LogP contribution is -2.27. The van der Waals surface area contributed by atoms with Crippen molar-refractivity contribution in [2.45, 2.75) is 17.9 Å². The zero-order chi connectivity index (χ0) is 13.8. The van der Waals surface area contributed by atoms with E-state index in [4.69, 9.17) is 16.3 Å². The van der Waals surface area contributed by atoms with Crippen molar-refractivity contribution in [2.24, 2.45) is 0 Å². The van der Waals surface area contributed by atoms with Crippen LogP contribution in [0.5, 0.6) is 0 Å². The molecule has 1 amide bonds. The standard InChI is InChI=1S/C13H17ClN2O2S/c1-3-15-12-8-6-9(14)11(19-5-4-18-2)7-10(8)16-13(12)17/h6-7,12,15H,3-5H2,1-2H3,(H,16,17). The lowest BCUT2D eigenvalue weighted by Gasteiger charge is -2.11. The minimum absolute atomic E-state index is 0.0213. The number of rotatable bonds is 6. The molecule has 0 bridgehead atoms. The van der Waals surface area contributed by atoms with E-state index in [0.717, 1.165) is 28.4 Å². The first kappa shape index (κ1) is 14.7. The Balaban J connectivity index is 2.20. The molecule has 2 rings (SSSR count). The van der Waals surface area contributed by atoms with Gasteiger partial charge in [0.05, 0.1) is 11.6 Å². The highest BCUT2D eigenvalue weighted by Gasteiger charge is 2.30. The van der Waals surface area contributed by atoms with Crippen molar-refractivity contribution in [1.29, 1.82) is 0 Å². The Bertz CT molecular complexity index is 482. The highest BCUT2D eigenvalue weighted by Crippen LogP contribution is 2.38. The van der Waals surface area contributed by atoms with Gasteiger partial charge < -0.3 is 15.4 Å². The van der Waals surface area contributed by atoms with E-state index in [2.05, 4.69) is 10.6 Å². The monoisotopic (exact) mass is 300 g/mol. The van der Waals surface area contributed by atoms with Crippen molar-refractivity contribution in [2.75, 3.05) is 31.3 Å². The molecule has 0 radical (unpaired) electrons. The molecular weight excluding hydrogens is 284 g/mol. The Hall–Kier alpha value is -0.750. The molecule has 1 unspecified atom stereocenters. The van der Waals surface area contributed by atoms with E-state index in [1.54, 1.807) is 18.9 Å². The summed E-state index contributed by atoms with van der Waals surface area (Å²) in [7, 11) is 1.67. The summed E-state index contributed by atoms with van der Waals surface area (Å²) in [6.45, 7) is 3.38. The van der Waals surface area contributed by atoms with Gasteiger partial charge in [0.1, 0.15) is 6.04 Å². The maximum absolute atomic E-state index is 11.9. The van der Waals surface area contributed by atoms with E-state index in [0.29, 0.717) is 11.6 Å². The molecule has 6 heteroatoms. The fourth-order valence-electron chi connectivity index (χ4n) is 2.01. The zero-order valence-corrected chi connectivity index (χ0v) is 12.5. The second-order valence-electron chi connectivity index (χ2n) is 4.19. The van der Waals surface area contributed by atoms with Crippen LogP contribution >= 0.6 is 23.4 Å². The molecule has 1 aromatic carbocycles. The van der Waals surface area contributed by atoms with E-state index in [-0.39, 0.29) is 11.9 Å². The normalized spacial score (nSPS) is 17.4. The van der Waals surface area contributed by atoms with Crippen LogP contribution in [0.1, 0.15) is 18.5 Å². The molecule has 0 spiro atoms. The first-order chi connectivity index (χ1) is 9.17. The van der Waals surface area contributed by atoms with Crippen molar-refractivity contribution in [3.8, 4) is 0 Å². The first-order valence-electron chi connectivity index (χ1n) is 6.16. The number of halogens is 1. The molecule has 1 aliphatic heterocycles. The Labute approximate surface area is 122 Å². The number of nitrogens with one attached hydrogen (secondary N) is 2. The van der Waals surface area contributed by atoms with Gasteiger partial charge in [-0.15, -0.1) is 11.8 Å². The van der Waals surface area contributed by atoms with E-state index < -0.39 is 0 Å². The fraction of sp³-hybridized carbons (Fsp3) is 0.462. The molecule has 19 heavy (non-hydrogen) atoms. The van der Waals surface area contributed by atoms with E-state index in [1.165, 1.54) is 0 Å². The van der Waals surface area contributed by atoms with Crippen LogP contribution in [0.15, 0.2) is 17.0 Å². The number of anilines is 1. The largest absolute Gasteiger partial charge is 0.384 e. The van der Waals surface area contributed by atoms with Crippen LogP contribution in [0, 0.1) is 0 Å². The molecular formula is C13H17ClN2O2S. The molecule has 2 N–H and O–H groups in total. The molecule has 1 aliphatic rings. The molecule has 0 saturated heterocycles. The third kappa shape index (κ3) is 3.23. The lowest BCUT2D eigenvalue weighted by atomic mass is 10.1. The van der Waals surface area contributed by atoms with Crippen molar-refractivity contribution in [1.82, 2.24) is 5.32 Å². The summed E-state index contributed by atoms with van der Waals surface area (Å²) in [4.78, 5) is 12.8. The number of hydrogen-bond acceptors (Lipinski definition) is 4. The van der Waals surface area contributed by atoms with Gasteiger partial charge in [0.2, 0.25) is 5.91 Å². The highest BCUT2D eigenvalue weighted by atomic mass is 35.5. The number of likely N-dealkylation sites (N-methyl/N-ethyl adjacent to an activating group) is 1. The second-order valence-corrected chi connectivity index (χ2v) is 5.74. The predicted molar refractivity (Wildman–Crippen MR) is 79.1 cm³/mol. The van der Waals surface area contributed by atoms with E-state index in [9.17, 15) is 4.79 Å². The topological polar surface area (TPSA) is 50.4 Å². The molecule has 1 aromatic rings. The maximum atomic E-state index is 11.9. The Morgan fingerprint density at radius 3 is 3.00 bits per heavy atom. The van der Waals surface area contributed by atoms with Crippen LogP contribution in [-0.4, -0.2) is 31.9 Å². The number of fused-ring (bicyclic) bond motifs is 1. The first-order valence-corrected chi connectivity index (χ1v) is 7.53. The number of hydrogen-bond donors (Lipinski definition) is 2. The highest BCUT2D eigenvalue weighted by molar-refractivity contribution is 7.99. The van der Waals surface area contributed by atoms with Crippen LogP contribution < -0.4 is 10.6 Å². The van der Waals surface area contributed by atoms with Crippen LogP contribution in [-0.2, 0) is 9.53 Å². The number of carbonyl (C=O) groups excluding carboxylic acids is 1. The van der Waals surface area contributed by atoms with Gasteiger partial charge >= 0.3 is 0 Å². The number of ether oxygens (including phenoxy) is 1. The summed E-state index contributed by atoms with van der Waals surface area (Å²) in [5.74, 6) is 0.812. The lowest BCUT2D eigenvalue weighted by molar-refractivity contribution is -0.117. The van der Waals surface area contributed by atoms with Crippen LogP contribution in [0.3, 0.4) is 0 Å². The van der Waals surface area contributed by atoms with Crippen molar-refractivity contribution in [3.63, 3.8) is 0 Å². The average molecular weight is 301 g/mol. The molecule has 104 valence electrons. The third-order valence-corrected chi connectivity index (χ3v) is 4.33. The zero-order valence-electron chi connectivity index (χ0n) is 11.0. The smallest absolute Gasteiger partial charge is 0.246 e. The minimum Gasteiger partial charge on any atom is -0.384 e. The third-order valence-electron chi connectivity index (χ3n) is 2.89. The van der Waals surface area contributed by atoms with E-state index in [1.807, 2.05) is 19.1 Å². The summed E-state index contributed by atoms with van der Waals surface area (Å²) in [5, 5.41) is 6.72. The molecule has 0 saturated carbocycles. The number of methoxy groups -OCH3 is 1. The fourth-order valence-corrected chi connectivity index (χ4v) is 3.22. The average Bonchev–Trinajstić information content (AvgIpc) is 2.67. The Morgan fingerprint density at radius 2 is 2.32 bits per heavy atom. The summed E-state index contributed by atoms with van der Waals surface area (Å²) in [6.07, 6.45) is 0. The van der Waals surface area contributed by atoms with Gasteiger partial charge in [0.15, 0.2) is 0 Å². The Morgan fingerprint density at radius 1 is 1.53 bits per heavy atom. The second kappa shape index (κ2) is 6.61. The van der Waals surface area contributed by atoms with Crippen molar-refractivity contribution >= 4 is 35.0 Å². The summed E-state index contributed by atoms with van der Waals surface area (Å²) >= 11 is 7.90. The molecule has 1 heterocycles. The molecule has 0 aromatic heterocycles. The maximum Gasteiger partial charge on any atom is 0.246 e. The molecule has 0 fully saturated rings. The van der Waals surface area contributed by atoms with Crippen LogP contribution in [0.2, 0.25) is 5.02 Å².